The molecule has 200 valence electrons. The van der Waals surface area contributed by atoms with Crippen LogP contribution in [0, 0.1) is 0 Å². The minimum Gasteiger partial charge on any atom is -0.455 e. The smallest absolute Gasteiger partial charge is 0.210 e. The lowest BCUT2D eigenvalue weighted by atomic mass is 9.82. The van der Waals surface area contributed by atoms with Crippen LogP contribution in [-0.2, 0) is 29.9 Å². The number of nitrogens with zero attached hydrogens (tertiary/aromatic N) is 2. The fourth-order valence-electron chi connectivity index (χ4n) is 7.73. The SMILES string of the molecule is COSc1cc(SO)ccc1C1=c2cc3c4c(c2Oc2c1cc1c5c2CCCN5CCC1)CCC[N+]=4CCC3. The Morgan fingerprint density at radius 1 is 0.872 bits per heavy atom. The maximum Gasteiger partial charge on any atom is 0.210 e. The number of anilines is 1. The number of hydrogen-bond donors (Lipinski definition) is 1. The Morgan fingerprint density at radius 2 is 1.67 bits per heavy atom. The molecular weight excluding hydrogens is 524 g/mol. The van der Waals surface area contributed by atoms with E-state index < -0.39 is 0 Å². The van der Waals surface area contributed by atoms with Crippen LogP contribution in [0.4, 0.5) is 5.69 Å². The lowest BCUT2D eigenvalue weighted by Crippen LogP contribution is -2.45. The Kier molecular flexibility index (Phi) is 5.98. The average Bonchev–Trinajstić information content (AvgIpc) is 2.97. The van der Waals surface area contributed by atoms with E-state index in [0.717, 1.165) is 90.8 Å². The number of aryl methyl sites for hydroxylation is 2. The van der Waals surface area contributed by atoms with Crippen molar-refractivity contribution in [2.24, 2.45) is 0 Å². The summed E-state index contributed by atoms with van der Waals surface area (Å²) < 4.78 is 25.2. The van der Waals surface area contributed by atoms with Crippen molar-refractivity contribution in [1.82, 2.24) is 4.58 Å². The van der Waals surface area contributed by atoms with E-state index in [4.69, 9.17) is 8.92 Å². The van der Waals surface area contributed by atoms with Crippen molar-refractivity contribution in [2.45, 2.75) is 61.2 Å². The summed E-state index contributed by atoms with van der Waals surface area (Å²) in [4.78, 5) is 4.44. The molecular formula is C32H33N2O3S2+. The Bertz CT molecular complexity index is 1660. The Balaban J connectivity index is 1.51. The summed E-state index contributed by atoms with van der Waals surface area (Å²) in [6.45, 7) is 4.59. The van der Waals surface area contributed by atoms with Crippen molar-refractivity contribution in [3.05, 3.63) is 74.3 Å². The highest BCUT2D eigenvalue weighted by Crippen LogP contribution is 2.49. The van der Waals surface area contributed by atoms with Crippen molar-refractivity contribution in [3.8, 4) is 11.5 Å². The highest BCUT2D eigenvalue weighted by Gasteiger charge is 2.36. The molecule has 0 spiro atoms. The van der Waals surface area contributed by atoms with Crippen LogP contribution in [0.5, 0.6) is 11.5 Å². The van der Waals surface area contributed by atoms with Gasteiger partial charge in [-0.1, -0.05) is 6.07 Å². The van der Waals surface area contributed by atoms with Crippen LogP contribution in [0.15, 0.2) is 40.1 Å². The van der Waals surface area contributed by atoms with Gasteiger partial charge >= 0.3 is 0 Å². The highest BCUT2D eigenvalue weighted by atomic mass is 32.2. The summed E-state index contributed by atoms with van der Waals surface area (Å²) >= 11 is 2.16. The predicted molar refractivity (Wildman–Crippen MR) is 158 cm³/mol. The van der Waals surface area contributed by atoms with E-state index in [0.29, 0.717) is 0 Å². The van der Waals surface area contributed by atoms with Gasteiger partial charge < -0.3 is 18.4 Å². The minimum atomic E-state index is 0.787. The number of fused-ring (bicyclic) bond motifs is 4. The fourth-order valence-corrected chi connectivity index (χ4v) is 8.72. The molecule has 0 radical (unpaired) electrons. The predicted octanol–water partition coefficient (Wildman–Crippen LogP) is 5.34. The van der Waals surface area contributed by atoms with E-state index in [2.05, 4.69) is 27.7 Å². The van der Waals surface area contributed by atoms with Gasteiger partial charge in [0.25, 0.3) is 0 Å². The van der Waals surface area contributed by atoms with E-state index in [9.17, 15) is 4.55 Å². The third-order valence-electron chi connectivity index (χ3n) is 9.19. The topological polar surface area (TPSA) is 44.9 Å². The van der Waals surface area contributed by atoms with Gasteiger partial charge in [-0.15, -0.1) is 0 Å². The van der Waals surface area contributed by atoms with Gasteiger partial charge in [0.15, 0.2) is 0 Å². The molecule has 1 N–H and O–H groups in total. The first-order valence-electron chi connectivity index (χ1n) is 14.3. The number of benzene rings is 3. The molecule has 8 rings (SSSR count). The summed E-state index contributed by atoms with van der Waals surface area (Å²) in [5.41, 5.74) is 10.8. The molecule has 0 atom stereocenters. The molecule has 0 aliphatic carbocycles. The molecule has 0 aromatic heterocycles. The van der Waals surface area contributed by atoms with Gasteiger partial charge in [0.2, 0.25) is 5.36 Å². The first-order chi connectivity index (χ1) is 19.2. The van der Waals surface area contributed by atoms with Gasteiger partial charge in [0.05, 0.1) is 12.7 Å². The molecule has 3 aromatic carbocycles. The molecule has 5 heterocycles. The first kappa shape index (κ1) is 24.4. The van der Waals surface area contributed by atoms with Gasteiger partial charge in [0, 0.05) is 93.0 Å². The molecule has 7 heteroatoms. The van der Waals surface area contributed by atoms with Crippen molar-refractivity contribution in [3.63, 3.8) is 0 Å². The maximum absolute atomic E-state index is 9.84. The maximum atomic E-state index is 9.84. The average molecular weight is 558 g/mol. The minimum absolute atomic E-state index is 0.787. The molecule has 5 aliphatic heterocycles. The summed E-state index contributed by atoms with van der Waals surface area (Å²) in [6.07, 6.45) is 9.14. The molecule has 5 aliphatic rings. The third-order valence-corrected chi connectivity index (χ3v) is 10.3. The number of rotatable bonds is 4. The quantitative estimate of drug-likeness (QED) is 0.270. The van der Waals surface area contributed by atoms with E-state index >= 15 is 0 Å². The van der Waals surface area contributed by atoms with Crippen LogP contribution in [0.1, 0.15) is 59.1 Å². The molecule has 0 amide bonds. The second-order valence-electron chi connectivity index (χ2n) is 11.3. The Labute approximate surface area is 237 Å². The Morgan fingerprint density at radius 3 is 2.51 bits per heavy atom. The van der Waals surface area contributed by atoms with E-state index in [1.807, 2.05) is 12.1 Å². The normalized spacial score (nSPS) is 18.7. The van der Waals surface area contributed by atoms with Crippen LogP contribution in [0.2, 0.25) is 0 Å². The van der Waals surface area contributed by atoms with Gasteiger partial charge in [0.1, 0.15) is 24.6 Å². The van der Waals surface area contributed by atoms with E-state index in [1.165, 1.54) is 87.4 Å². The summed E-state index contributed by atoms with van der Waals surface area (Å²) in [7, 11) is 1.72. The second-order valence-corrected chi connectivity index (χ2v) is 12.9. The molecule has 5 nitrogen and oxygen atoms in total. The second kappa shape index (κ2) is 9.58. The van der Waals surface area contributed by atoms with Crippen LogP contribution in [0.25, 0.3) is 5.57 Å². The highest BCUT2D eigenvalue weighted by molar-refractivity contribution is 7.95. The summed E-state index contributed by atoms with van der Waals surface area (Å²) in [5.74, 6) is 2.14. The van der Waals surface area contributed by atoms with E-state index in [-0.39, 0.29) is 0 Å². The molecule has 0 unspecified atom stereocenters. The number of ether oxygens (including phenoxy) is 1. The molecule has 0 saturated carbocycles. The van der Waals surface area contributed by atoms with Crippen molar-refractivity contribution < 1.29 is 13.5 Å². The van der Waals surface area contributed by atoms with Gasteiger partial charge in [-0.25, -0.2) is 4.58 Å². The molecule has 0 saturated heterocycles. The summed E-state index contributed by atoms with van der Waals surface area (Å²) in [5, 5.41) is 2.67. The van der Waals surface area contributed by atoms with Gasteiger partial charge in [-0.3, -0.25) is 0 Å². The lowest BCUT2D eigenvalue weighted by molar-refractivity contribution is 0.431. The van der Waals surface area contributed by atoms with Crippen LogP contribution in [0.3, 0.4) is 0 Å². The van der Waals surface area contributed by atoms with E-state index in [1.54, 1.807) is 7.11 Å². The number of hydrogen-bond acceptors (Lipinski definition) is 6. The third kappa shape index (κ3) is 3.73. The van der Waals surface area contributed by atoms with Crippen LogP contribution in [-0.4, -0.2) is 37.8 Å². The largest absolute Gasteiger partial charge is 0.455 e. The van der Waals surface area contributed by atoms with Crippen LogP contribution < -0.4 is 24.8 Å². The van der Waals surface area contributed by atoms with Gasteiger partial charge in [-0.2, -0.15) is 0 Å². The summed E-state index contributed by atoms with van der Waals surface area (Å²) in [6, 6.07) is 11.1. The van der Waals surface area contributed by atoms with Crippen molar-refractivity contribution in [1.29, 1.82) is 0 Å². The molecule has 39 heavy (non-hydrogen) atoms. The van der Waals surface area contributed by atoms with Crippen molar-refractivity contribution >= 4 is 35.3 Å². The molecule has 0 bridgehead atoms. The zero-order valence-electron chi connectivity index (χ0n) is 22.3. The first-order valence-corrected chi connectivity index (χ1v) is 15.9. The monoisotopic (exact) mass is 557 g/mol. The van der Waals surface area contributed by atoms with Crippen molar-refractivity contribution in [2.75, 3.05) is 38.2 Å². The Hall–Kier alpha value is -2.45. The molecule has 0 fully saturated rings. The van der Waals surface area contributed by atoms with Gasteiger partial charge in [-0.05, 0) is 73.9 Å². The fraction of sp³-hybridized carbons (Fsp3) is 0.406. The lowest BCUT2D eigenvalue weighted by Gasteiger charge is -2.39. The zero-order valence-corrected chi connectivity index (χ0v) is 24.0. The standard InChI is InChI=1S/C32H32N2O3S2/c1-36-39-27-18-21(38-35)10-11-22(27)28-25-16-19-6-2-12-33-14-4-8-23(29(19)33)31(25)37-32-24-9-5-15-34-13-3-7-20(30(24)34)17-26(28)32/h10-11,16-18H,2-9,12-15H2,1H3/p+1. The van der Waals surface area contributed by atoms with Crippen LogP contribution >= 0.6 is 24.1 Å². The molecule has 3 aromatic rings. The zero-order chi connectivity index (χ0) is 26.1.